The van der Waals surface area contributed by atoms with Crippen molar-refractivity contribution in [3.05, 3.63) is 29.8 Å². The van der Waals surface area contributed by atoms with Gasteiger partial charge in [-0.2, -0.15) is 0 Å². The molecule has 5 nitrogen and oxygen atoms in total. The van der Waals surface area contributed by atoms with E-state index in [4.69, 9.17) is 5.11 Å². The molecule has 0 aromatic heterocycles. The molecule has 21 heavy (non-hydrogen) atoms. The minimum Gasteiger partial charge on any atom is -0.480 e. The highest BCUT2D eigenvalue weighted by Gasteiger charge is 2.33. The lowest BCUT2D eigenvalue weighted by atomic mass is 10.00. The lowest BCUT2D eigenvalue weighted by Crippen LogP contribution is -2.55. The van der Waals surface area contributed by atoms with Gasteiger partial charge >= 0.3 is 12.0 Å². The number of hydrogen-bond acceptors (Lipinski definition) is 3. The molecule has 1 heterocycles. The molecule has 1 aliphatic rings. The first-order valence-electron chi connectivity index (χ1n) is 6.98. The maximum atomic E-state index is 11.9. The number of benzene rings is 1. The molecule has 6 heteroatoms. The molecule has 0 spiro atoms. The maximum absolute atomic E-state index is 11.9. The molecule has 2 amide bonds. The highest BCUT2D eigenvalue weighted by molar-refractivity contribution is 8.00. The predicted molar refractivity (Wildman–Crippen MR) is 82.7 cm³/mol. The van der Waals surface area contributed by atoms with Crippen LogP contribution in [0.5, 0.6) is 0 Å². The molecular formula is C15H20N2O3S. The Kier molecular flexibility index (Phi) is 4.77. The summed E-state index contributed by atoms with van der Waals surface area (Å²) in [6.07, 6.45) is 1.25. The van der Waals surface area contributed by atoms with Crippen molar-refractivity contribution in [2.75, 3.05) is 6.54 Å². The lowest BCUT2D eigenvalue weighted by molar-refractivity contribution is -0.143. The van der Waals surface area contributed by atoms with E-state index >= 15 is 0 Å². The van der Waals surface area contributed by atoms with E-state index in [0.717, 1.165) is 6.42 Å². The third kappa shape index (κ3) is 3.69. The molecule has 114 valence electrons. The second-order valence-electron chi connectivity index (χ2n) is 5.38. The van der Waals surface area contributed by atoms with E-state index < -0.39 is 17.5 Å². The SMILES string of the molecule is CCC(C)(NC(=O)NCC1Cc2ccccc2S1)C(=O)O. The molecule has 0 bridgehead atoms. The summed E-state index contributed by atoms with van der Waals surface area (Å²) in [7, 11) is 0. The van der Waals surface area contributed by atoms with Crippen molar-refractivity contribution < 1.29 is 14.7 Å². The molecule has 0 saturated carbocycles. The van der Waals surface area contributed by atoms with Crippen molar-refractivity contribution >= 4 is 23.8 Å². The molecule has 0 fully saturated rings. The maximum Gasteiger partial charge on any atom is 0.329 e. The normalized spacial score (nSPS) is 19.4. The summed E-state index contributed by atoms with van der Waals surface area (Å²) in [5.41, 5.74) is 0.0780. The first kappa shape index (κ1) is 15.7. The lowest BCUT2D eigenvalue weighted by Gasteiger charge is -2.25. The van der Waals surface area contributed by atoms with Gasteiger partial charge in [-0.25, -0.2) is 9.59 Å². The largest absolute Gasteiger partial charge is 0.480 e. The molecule has 1 aromatic rings. The second kappa shape index (κ2) is 6.39. The van der Waals surface area contributed by atoms with Crippen molar-refractivity contribution in [3.8, 4) is 0 Å². The molecule has 1 aliphatic heterocycles. The predicted octanol–water partition coefficient (Wildman–Crippen LogP) is 2.26. The zero-order chi connectivity index (χ0) is 15.5. The summed E-state index contributed by atoms with van der Waals surface area (Å²) < 4.78 is 0. The van der Waals surface area contributed by atoms with E-state index in [1.165, 1.54) is 17.4 Å². The fourth-order valence-electron chi connectivity index (χ4n) is 2.16. The van der Waals surface area contributed by atoms with Gasteiger partial charge in [0.15, 0.2) is 0 Å². The number of carbonyl (C=O) groups excluding carboxylic acids is 1. The molecule has 0 aliphatic carbocycles. The topological polar surface area (TPSA) is 78.4 Å². The Morgan fingerprint density at radius 2 is 2.14 bits per heavy atom. The highest BCUT2D eigenvalue weighted by atomic mass is 32.2. The third-order valence-corrected chi connectivity index (χ3v) is 5.09. The Labute approximate surface area is 128 Å². The van der Waals surface area contributed by atoms with Gasteiger partial charge < -0.3 is 15.7 Å². The summed E-state index contributed by atoms with van der Waals surface area (Å²) in [6.45, 7) is 3.76. The van der Waals surface area contributed by atoms with Gasteiger partial charge in [-0.3, -0.25) is 0 Å². The average Bonchev–Trinajstić information content (AvgIpc) is 2.87. The van der Waals surface area contributed by atoms with Crippen LogP contribution in [0, 0.1) is 0 Å². The molecule has 2 rings (SSSR count). The van der Waals surface area contributed by atoms with Crippen LogP contribution in [0.1, 0.15) is 25.8 Å². The van der Waals surface area contributed by atoms with Gasteiger partial charge in [0, 0.05) is 16.7 Å². The number of amides is 2. The minimum absolute atomic E-state index is 0.297. The van der Waals surface area contributed by atoms with Crippen molar-refractivity contribution in [3.63, 3.8) is 0 Å². The summed E-state index contributed by atoms with van der Waals surface area (Å²) in [5.74, 6) is -1.03. The first-order chi connectivity index (χ1) is 9.94. The smallest absolute Gasteiger partial charge is 0.329 e. The number of hydrogen-bond donors (Lipinski definition) is 3. The zero-order valence-electron chi connectivity index (χ0n) is 12.2. The van der Waals surface area contributed by atoms with Gasteiger partial charge in [0.25, 0.3) is 0 Å². The molecule has 2 atom stereocenters. The minimum atomic E-state index is -1.23. The van der Waals surface area contributed by atoms with E-state index in [-0.39, 0.29) is 0 Å². The Morgan fingerprint density at radius 3 is 2.76 bits per heavy atom. The summed E-state index contributed by atoms with van der Waals surface area (Å²) in [4.78, 5) is 24.3. The third-order valence-electron chi connectivity index (χ3n) is 3.77. The number of aliphatic carboxylic acids is 1. The number of rotatable bonds is 5. The first-order valence-corrected chi connectivity index (χ1v) is 7.86. The van der Waals surface area contributed by atoms with Crippen LogP contribution in [0.15, 0.2) is 29.2 Å². The van der Waals surface area contributed by atoms with Crippen molar-refractivity contribution in [2.24, 2.45) is 0 Å². The molecule has 3 N–H and O–H groups in total. The van der Waals surface area contributed by atoms with Gasteiger partial charge in [-0.1, -0.05) is 25.1 Å². The molecular weight excluding hydrogens is 288 g/mol. The number of nitrogens with one attached hydrogen (secondary N) is 2. The Bertz CT molecular complexity index is 524. The van der Waals surface area contributed by atoms with Crippen LogP contribution in [0.25, 0.3) is 0 Å². The Morgan fingerprint density at radius 1 is 1.43 bits per heavy atom. The van der Waals surface area contributed by atoms with Crippen LogP contribution in [-0.2, 0) is 11.2 Å². The van der Waals surface area contributed by atoms with Crippen molar-refractivity contribution in [1.29, 1.82) is 0 Å². The number of urea groups is 1. The second-order valence-corrected chi connectivity index (χ2v) is 6.72. The number of carbonyl (C=O) groups is 2. The number of thioether (sulfide) groups is 1. The van der Waals surface area contributed by atoms with E-state index in [2.05, 4.69) is 22.8 Å². The molecule has 2 unspecified atom stereocenters. The number of carboxylic acids is 1. The van der Waals surface area contributed by atoms with Gasteiger partial charge in [-0.05, 0) is 31.4 Å². The average molecular weight is 308 g/mol. The summed E-state index contributed by atoms with van der Waals surface area (Å²) in [5, 5.41) is 14.7. The Balaban J connectivity index is 1.82. The summed E-state index contributed by atoms with van der Waals surface area (Å²) >= 11 is 1.75. The molecule has 0 radical (unpaired) electrons. The van der Waals surface area contributed by atoms with Gasteiger partial charge in [0.05, 0.1) is 0 Å². The van der Waals surface area contributed by atoms with E-state index in [9.17, 15) is 9.59 Å². The number of carboxylic acid groups (broad SMARTS) is 1. The van der Waals surface area contributed by atoms with Crippen LogP contribution < -0.4 is 10.6 Å². The van der Waals surface area contributed by atoms with E-state index in [1.807, 2.05) is 12.1 Å². The zero-order valence-corrected chi connectivity index (χ0v) is 13.0. The van der Waals surface area contributed by atoms with Crippen LogP contribution in [-0.4, -0.2) is 34.4 Å². The van der Waals surface area contributed by atoms with E-state index in [0.29, 0.717) is 18.2 Å². The van der Waals surface area contributed by atoms with Crippen molar-refractivity contribution in [1.82, 2.24) is 10.6 Å². The standard InChI is InChI=1S/C15H20N2O3S/c1-3-15(2,13(18)19)17-14(20)16-9-11-8-10-6-4-5-7-12(10)21-11/h4-7,11H,3,8-9H2,1-2H3,(H,18,19)(H2,16,17,20). The van der Waals surface area contributed by atoms with E-state index in [1.54, 1.807) is 18.7 Å². The fourth-order valence-corrected chi connectivity index (χ4v) is 3.41. The van der Waals surface area contributed by atoms with Crippen molar-refractivity contribution in [2.45, 2.75) is 42.4 Å². The van der Waals surface area contributed by atoms with Gasteiger partial charge in [0.2, 0.25) is 0 Å². The van der Waals surface area contributed by atoms with Gasteiger partial charge in [-0.15, -0.1) is 11.8 Å². The van der Waals surface area contributed by atoms with Crippen LogP contribution in [0.3, 0.4) is 0 Å². The van der Waals surface area contributed by atoms with Crippen LogP contribution in [0.4, 0.5) is 4.79 Å². The van der Waals surface area contributed by atoms with Gasteiger partial charge in [0.1, 0.15) is 5.54 Å². The monoisotopic (exact) mass is 308 g/mol. The van der Waals surface area contributed by atoms with Crippen LogP contribution in [0.2, 0.25) is 0 Å². The Hall–Kier alpha value is -1.69. The molecule has 0 saturated heterocycles. The quantitative estimate of drug-likeness (QED) is 0.779. The molecule has 1 aromatic carbocycles. The number of fused-ring (bicyclic) bond motifs is 1. The fraction of sp³-hybridized carbons (Fsp3) is 0.467. The highest BCUT2D eigenvalue weighted by Crippen LogP contribution is 2.36. The summed E-state index contributed by atoms with van der Waals surface area (Å²) in [6, 6.07) is 7.77. The van der Waals surface area contributed by atoms with Crippen LogP contribution >= 0.6 is 11.8 Å².